The van der Waals surface area contributed by atoms with Gasteiger partial charge in [-0.25, -0.2) is 0 Å². The van der Waals surface area contributed by atoms with Gasteiger partial charge in [0.15, 0.2) is 6.10 Å². The molecule has 0 spiro atoms. The third-order valence-electron chi connectivity index (χ3n) is 4.19. The lowest BCUT2D eigenvalue weighted by atomic mass is 9.88. The number of rotatable bonds is 10. The van der Waals surface area contributed by atoms with E-state index in [0.717, 1.165) is 12.2 Å². The lowest BCUT2D eigenvalue weighted by Gasteiger charge is -2.39. The highest BCUT2D eigenvalue weighted by Gasteiger charge is 2.38. The van der Waals surface area contributed by atoms with Gasteiger partial charge in [0.1, 0.15) is 6.04 Å². The molecule has 1 fully saturated rings. The van der Waals surface area contributed by atoms with E-state index >= 15 is 0 Å². The molecule has 3 atom stereocenters. The first kappa shape index (κ1) is 21.7. The number of thioether (sulfide) groups is 1. The molecule has 4 N–H and O–H groups in total. The second-order valence-corrected chi connectivity index (χ2v) is 7.28. The normalized spacial score (nSPS) is 21.6. The Morgan fingerprint density at radius 2 is 2.12 bits per heavy atom. The molecule has 7 nitrogen and oxygen atoms in total. The largest absolute Gasteiger partial charge is 0.452 e. The van der Waals surface area contributed by atoms with E-state index in [1.807, 2.05) is 0 Å². The van der Waals surface area contributed by atoms with Gasteiger partial charge in [0.05, 0.1) is 6.67 Å². The summed E-state index contributed by atoms with van der Waals surface area (Å²) in [7, 11) is 0. The van der Waals surface area contributed by atoms with Gasteiger partial charge in [-0.05, 0) is 43.9 Å². The number of esters is 1. The zero-order valence-corrected chi connectivity index (χ0v) is 15.4. The minimum Gasteiger partial charge on any atom is -0.452 e. The Morgan fingerprint density at radius 1 is 1.40 bits per heavy atom. The van der Waals surface area contributed by atoms with Gasteiger partial charge in [0.25, 0.3) is 5.91 Å². The molecule has 0 aromatic heterocycles. The molecule has 144 valence electrons. The molecular formula is C16H28FN3O4S. The fourth-order valence-corrected chi connectivity index (χ4v) is 3.87. The number of carbonyl (C=O) groups excluding carboxylic acids is 3. The van der Waals surface area contributed by atoms with E-state index in [1.165, 1.54) is 23.6 Å². The van der Waals surface area contributed by atoms with Gasteiger partial charge in [0, 0.05) is 19.2 Å². The quantitative estimate of drug-likeness (QED) is 0.422. The van der Waals surface area contributed by atoms with Crippen LogP contribution in [0, 0.1) is 5.92 Å². The van der Waals surface area contributed by atoms with Gasteiger partial charge in [-0.2, -0.15) is 11.8 Å². The maximum absolute atomic E-state index is 12.8. The van der Waals surface area contributed by atoms with Gasteiger partial charge < -0.3 is 21.1 Å². The zero-order chi connectivity index (χ0) is 18.8. The van der Waals surface area contributed by atoms with Crippen LogP contribution in [0.15, 0.2) is 0 Å². The molecule has 25 heavy (non-hydrogen) atoms. The van der Waals surface area contributed by atoms with E-state index in [-0.39, 0.29) is 5.92 Å². The molecular weight excluding hydrogens is 349 g/mol. The smallest absolute Gasteiger partial charge is 0.303 e. The number of halogens is 1. The first-order chi connectivity index (χ1) is 11.9. The first-order valence-corrected chi connectivity index (χ1v) is 9.67. The Labute approximate surface area is 152 Å². The molecule has 0 aliphatic carbocycles. The number of carbonyl (C=O) groups is 3. The van der Waals surface area contributed by atoms with Crippen LogP contribution in [-0.2, 0) is 19.1 Å². The maximum atomic E-state index is 12.8. The number of alkyl halides is 1. The highest BCUT2D eigenvalue weighted by atomic mass is 32.2. The summed E-state index contributed by atoms with van der Waals surface area (Å²) in [4.78, 5) is 37.3. The molecule has 0 aromatic rings. The van der Waals surface area contributed by atoms with Crippen molar-refractivity contribution in [3.8, 4) is 0 Å². The molecule has 0 saturated carbocycles. The van der Waals surface area contributed by atoms with Crippen LogP contribution in [0.2, 0.25) is 0 Å². The molecule has 0 bridgehead atoms. The molecule has 9 heteroatoms. The van der Waals surface area contributed by atoms with Crippen LogP contribution in [0.4, 0.5) is 4.39 Å². The van der Waals surface area contributed by atoms with Gasteiger partial charge in [-0.3, -0.25) is 18.8 Å². The summed E-state index contributed by atoms with van der Waals surface area (Å²) in [5.41, 5.74) is 10.9. The highest BCUT2D eigenvalue weighted by molar-refractivity contribution is 7.99. The number of piperidine rings is 1. The molecule has 1 aliphatic rings. The Balaban J connectivity index is 2.78. The summed E-state index contributed by atoms with van der Waals surface area (Å²) >= 11 is 1.47. The van der Waals surface area contributed by atoms with Crippen molar-refractivity contribution in [1.82, 2.24) is 4.90 Å². The number of primary amides is 1. The fraction of sp³-hybridized carbons (Fsp3) is 0.812. The highest BCUT2D eigenvalue weighted by Crippen LogP contribution is 2.27. The van der Waals surface area contributed by atoms with E-state index in [0.29, 0.717) is 38.1 Å². The second kappa shape index (κ2) is 11.3. The van der Waals surface area contributed by atoms with Crippen LogP contribution in [0.1, 0.15) is 32.6 Å². The van der Waals surface area contributed by atoms with Crippen molar-refractivity contribution in [3.05, 3.63) is 0 Å². The molecule has 2 unspecified atom stereocenters. The topological polar surface area (TPSA) is 116 Å². The summed E-state index contributed by atoms with van der Waals surface area (Å²) in [6.07, 6.45) is 1.14. The van der Waals surface area contributed by atoms with Crippen LogP contribution in [-0.4, -0.2) is 66.1 Å². The van der Waals surface area contributed by atoms with Crippen molar-refractivity contribution in [2.75, 3.05) is 31.3 Å². The number of nitrogens with two attached hydrogens (primary N) is 2. The average Bonchev–Trinajstić information content (AvgIpc) is 2.57. The van der Waals surface area contributed by atoms with E-state index in [1.54, 1.807) is 0 Å². The first-order valence-electron chi connectivity index (χ1n) is 8.51. The summed E-state index contributed by atoms with van der Waals surface area (Å²) in [6.45, 7) is 1.63. The van der Waals surface area contributed by atoms with Crippen molar-refractivity contribution in [1.29, 1.82) is 0 Å². The molecule has 1 heterocycles. The van der Waals surface area contributed by atoms with E-state index in [2.05, 4.69) is 0 Å². The Hall–Kier alpha value is -1.35. The predicted octanol–water partition coefficient (Wildman–Crippen LogP) is 0.452. The summed E-state index contributed by atoms with van der Waals surface area (Å²) in [6, 6.07) is -0.787. The number of ether oxygens (including phenoxy) is 1. The summed E-state index contributed by atoms with van der Waals surface area (Å²) in [5.74, 6) is -0.515. The van der Waals surface area contributed by atoms with Crippen molar-refractivity contribution < 1.29 is 23.5 Å². The van der Waals surface area contributed by atoms with Crippen molar-refractivity contribution >= 4 is 29.5 Å². The predicted molar refractivity (Wildman–Crippen MR) is 94.6 cm³/mol. The maximum Gasteiger partial charge on any atom is 0.303 e. The summed E-state index contributed by atoms with van der Waals surface area (Å²) < 4.78 is 17.7. The number of likely N-dealkylation sites (tertiary alicyclic amines) is 1. The van der Waals surface area contributed by atoms with Crippen molar-refractivity contribution in [2.45, 2.75) is 44.8 Å². The SMILES string of the molecule is CC(=O)O[C@@H](CSCCCN)C(=O)N1CCC(CCF)CC1C(N)=O. The summed E-state index contributed by atoms with van der Waals surface area (Å²) in [5, 5.41) is 0. The second-order valence-electron chi connectivity index (χ2n) is 6.13. The standard InChI is InChI=1S/C16H28FN3O4S/c1-11(21)24-14(10-25-8-2-6-18)16(23)20-7-4-12(3-5-17)9-13(20)15(19)22/h12-14H,2-10,18H2,1H3,(H2,19,22)/t12?,13?,14-/m0/s1. The Bertz CT molecular complexity index is 467. The zero-order valence-electron chi connectivity index (χ0n) is 14.6. The van der Waals surface area contributed by atoms with Crippen molar-refractivity contribution in [3.63, 3.8) is 0 Å². The fourth-order valence-electron chi connectivity index (χ4n) is 2.91. The van der Waals surface area contributed by atoms with Crippen molar-refractivity contribution in [2.24, 2.45) is 17.4 Å². The Morgan fingerprint density at radius 3 is 2.68 bits per heavy atom. The van der Waals surface area contributed by atoms with E-state index in [9.17, 15) is 18.8 Å². The Kier molecular flexibility index (Phi) is 9.81. The molecule has 1 rings (SSSR count). The van der Waals surface area contributed by atoms with Gasteiger partial charge in [0.2, 0.25) is 5.91 Å². The number of nitrogens with zero attached hydrogens (tertiary/aromatic N) is 1. The number of hydrogen-bond donors (Lipinski definition) is 2. The molecule has 1 saturated heterocycles. The minimum atomic E-state index is -0.958. The minimum absolute atomic E-state index is 0.0256. The van der Waals surface area contributed by atoms with E-state index in [4.69, 9.17) is 16.2 Å². The molecule has 0 aromatic carbocycles. The number of hydrogen-bond acceptors (Lipinski definition) is 6. The third-order valence-corrected chi connectivity index (χ3v) is 5.30. The lowest BCUT2D eigenvalue weighted by Crippen LogP contribution is -2.56. The van der Waals surface area contributed by atoms with Crippen LogP contribution in [0.5, 0.6) is 0 Å². The average molecular weight is 377 g/mol. The van der Waals surface area contributed by atoms with Gasteiger partial charge >= 0.3 is 5.97 Å². The number of amides is 2. The molecule has 1 aliphatic heterocycles. The lowest BCUT2D eigenvalue weighted by molar-refractivity contribution is -0.160. The van der Waals surface area contributed by atoms with Crippen LogP contribution in [0.3, 0.4) is 0 Å². The van der Waals surface area contributed by atoms with Crippen LogP contribution in [0.25, 0.3) is 0 Å². The van der Waals surface area contributed by atoms with Crippen LogP contribution >= 0.6 is 11.8 Å². The van der Waals surface area contributed by atoms with Crippen LogP contribution < -0.4 is 11.5 Å². The third kappa shape index (κ3) is 7.19. The molecule has 0 radical (unpaired) electrons. The van der Waals surface area contributed by atoms with Gasteiger partial charge in [-0.1, -0.05) is 0 Å². The van der Waals surface area contributed by atoms with E-state index < -0.39 is 36.6 Å². The molecule has 2 amide bonds. The van der Waals surface area contributed by atoms with Gasteiger partial charge in [-0.15, -0.1) is 0 Å². The monoisotopic (exact) mass is 377 g/mol.